The maximum Gasteiger partial charge on any atom is 0.110 e. The zero-order chi connectivity index (χ0) is 10.1. The Hall–Kier alpha value is -1.39. The molecule has 1 atom stereocenters. The number of pyridine rings is 1. The molecule has 0 spiro atoms. The standard InChI is InChI=1S/C10H13N3O/c1-7-3-2-4-13-9(7)5-8(12-13)10(14)6-11/h2-5,10,14H,6,11H2,1H3. The van der Waals surface area contributed by atoms with E-state index in [2.05, 4.69) is 5.10 Å². The van der Waals surface area contributed by atoms with Crippen LogP contribution in [0.25, 0.3) is 5.52 Å². The molecule has 0 fully saturated rings. The number of aryl methyl sites for hydroxylation is 1. The summed E-state index contributed by atoms with van der Waals surface area (Å²) in [4.78, 5) is 0. The van der Waals surface area contributed by atoms with Gasteiger partial charge in [-0.1, -0.05) is 6.07 Å². The number of aliphatic hydroxyl groups is 1. The topological polar surface area (TPSA) is 63.5 Å². The van der Waals surface area contributed by atoms with Crippen molar-refractivity contribution < 1.29 is 5.11 Å². The zero-order valence-corrected chi connectivity index (χ0v) is 8.01. The summed E-state index contributed by atoms with van der Waals surface area (Å²) in [5.74, 6) is 0. The third-order valence-corrected chi connectivity index (χ3v) is 2.30. The van der Waals surface area contributed by atoms with Gasteiger partial charge in [0.15, 0.2) is 0 Å². The summed E-state index contributed by atoms with van der Waals surface area (Å²) in [6, 6.07) is 5.80. The summed E-state index contributed by atoms with van der Waals surface area (Å²) in [6.07, 6.45) is 1.18. The molecule has 0 amide bonds. The normalized spacial score (nSPS) is 13.4. The Labute approximate surface area is 82.0 Å². The molecule has 0 bridgehead atoms. The third kappa shape index (κ3) is 1.38. The highest BCUT2D eigenvalue weighted by Crippen LogP contribution is 2.15. The van der Waals surface area contributed by atoms with Crippen LogP contribution in [0.15, 0.2) is 24.4 Å². The van der Waals surface area contributed by atoms with Gasteiger partial charge in [-0.05, 0) is 24.6 Å². The number of aliphatic hydroxyl groups excluding tert-OH is 1. The van der Waals surface area contributed by atoms with E-state index in [0.717, 1.165) is 11.1 Å². The van der Waals surface area contributed by atoms with Crippen molar-refractivity contribution in [1.82, 2.24) is 9.61 Å². The van der Waals surface area contributed by atoms with Gasteiger partial charge in [0.25, 0.3) is 0 Å². The Kier molecular flexibility index (Phi) is 2.23. The van der Waals surface area contributed by atoms with Gasteiger partial charge in [0, 0.05) is 12.7 Å². The van der Waals surface area contributed by atoms with Gasteiger partial charge in [-0.15, -0.1) is 0 Å². The molecular formula is C10H13N3O. The van der Waals surface area contributed by atoms with E-state index in [9.17, 15) is 5.11 Å². The summed E-state index contributed by atoms with van der Waals surface area (Å²) in [5.41, 5.74) is 8.14. The first kappa shape index (κ1) is 9.18. The molecule has 2 heterocycles. The second kappa shape index (κ2) is 3.40. The maximum absolute atomic E-state index is 9.52. The molecule has 74 valence electrons. The number of nitrogens with two attached hydrogens (primary N) is 1. The summed E-state index contributed by atoms with van der Waals surface area (Å²) in [6.45, 7) is 2.21. The fraction of sp³-hybridized carbons (Fsp3) is 0.300. The van der Waals surface area contributed by atoms with Gasteiger partial charge in [0.05, 0.1) is 11.2 Å². The first-order valence-electron chi connectivity index (χ1n) is 4.55. The van der Waals surface area contributed by atoms with Crippen molar-refractivity contribution in [3.8, 4) is 0 Å². The van der Waals surface area contributed by atoms with Crippen molar-refractivity contribution in [2.75, 3.05) is 6.54 Å². The van der Waals surface area contributed by atoms with Crippen molar-refractivity contribution in [2.24, 2.45) is 5.73 Å². The highest BCUT2D eigenvalue weighted by atomic mass is 16.3. The molecule has 4 heteroatoms. The lowest BCUT2D eigenvalue weighted by Crippen LogP contribution is -2.11. The number of aromatic nitrogens is 2. The SMILES string of the molecule is Cc1cccn2nc(C(O)CN)cc12. The smallest absolute Gasteiger partial charge is 0.110 e. The first-order valence-corrected chi connectivity index (χ1v) is 4.55. The van der Waals surface area contributed by atoms with Crippen LogP contribution in [0.1, 0.15) is 17.4 Å². The molecule has 2 aromatic rings. The molecule has 2 aromatic heterocycles. The fourth-order valence-electron chi connectivity index (χ4n) is 1.46. The number of fused-ring (bicyclic) bond motifs is 1. The molecular weight excluding hydrogens is 178 g/mol. The molecule has 14 heavy (non-hydrogen) atoms. The van der Waals surface area contributed by atoms with E-state index in [-0.39, 0.29) is 6.54 Å². The zero-order valence-electron chi connectivity index (χ0n) is 8.01. The van der Waals surface area contributed by atoms with Crippen molar-refractivity contribution in [2.45, 2.75) is 13.0 Å². The lowest BCUT2D eigenvalue weighted by atomic mass is 10.2. The lowest BCUT2D eigenvalue weighted by Gasteiger charge is -2.00. The molecule has 0 saturated heterocycles. The van der Waals surface area contributed by atoms with Crippen molar-refractivity contribution in [1.29, 1.82) is 0 Å². The quantitative estimate of drug-likeness (QED) is 0.732. The highest BCUT2D eigenvalue weighted by molar-refractivity contribution is 5.54. The summed E-state index contributed by atoms with van der Waals surface area (Å²) < 4.78 is 1.75. The number of rotatable bonds is 2. The van der Waals surface area contributed by atoms with E-state index < -0.39 is 6.10 Å². The lowest BCUT2D eigenvalue weighted by molar-refractivity contribution is 0.181. The van der Waals surface area contributed by atoms with Crippen LogP contribution in [0.2, 0.25) is 0 Å². The number of nitrogens with zero attached hydrogens (tertiary/aromatic N) is 2. The Morgan fingerprint density at radius 3 is 3.07 bits per heavy atom. The average molecular weight is 191 g/mol. The Bertz CT molecular complexity index is 450. The highest BCUT2D eigenvalue weighted by Gasteiger charge is 2.10. The predicted octanol–water partition coefficient (Wildman–Crippen LogP) is 0.635. The van der Waals surface area contributed by atoms with Gasteiger partial charge in [0.2, 0.25) is 0 Å². The van der Waals surface area contributed by atoms with E-state index in [4.69, 9.17) is 5.73 Å². The number of hydrogen-bond donors (Lipinski definition) is 2. The summed E-state index contributed by atoms with van der Waals surface area (Å²) in [7, 11) is 0. The Morgan fingerprint density at radius 1 is 1.64 bits per heavy atom. The predicted molar refractivity (Wildman–Crippen MR) is 53.9 cm³/mol. The molecule has 0 aliphatic carbocycles. The number of hydrogen-bond acceptors (Lipinski definition) is 3. The molecule has 1 unspecified atom stereocenters. The van der Waals surface area contributed by atoms with Crippen LogP contribution in [0.3, 0.4) is 0 Å². The minimum atomic E-state index is -0.672. The van der Waals surface area contributed by atoms with Gasteiger partial charge in [-0.3, -0.25) is 0 Å². The molecule has 0 aliphatic heterocycles. The molecule has 3 N–H and O–H groups in total. The molecule has 0 aliphatic rings. The molecule has 2 rings (SSSR count). The minimum absolute atomic E-state index is 0.197. The van der Waals surface area contributed by atoms with E-state index in [1.54, 1.807) is 4.52 Å². The van der Waals surface area contributed by atoms with Crippen LogP contribution < -0.4 is 5.73 Å². The monoisotopic (exact) mass is 191 g/mol. The Morgan fingerprint density at radius 2 is 2.43 bits per heavy atom. The minimum Gasteiger partial charge on any atom is -0.385 e. The molecule has 0 aromatic carbocycles. The van der Waals surface area contributed by atoms with Gasteiger partial charge in [-0.25, -0.2) is 4.52 Å². The third-order valence-electron chi connectivity index (χ3n) is 2.30. The summed E-state index contributed by atoms with van der Waals surface area (Å²) in [5, 5.41) is 13.8. The second-order valence-corrected chi connectivity index (χ2v) is 3.34. The largest absolute Gasteiger partial charge is 0.385 e. The van der Waals surface area contributed by atoms with Gasteiger partial charge >= 0.3 is 0 Å². The van der Waals surface area contributed by atoms with Crippen LogP contribution in [-0.2, 0) is 0 Å². The van der Waals surface area contributed by atoms with E-state index in [1.165, 1.54) is 0 Å². The van der Waals surface area contributed by atoms with Crippen LogP contribution in [-0.4, -0.2) is 21.3 Å². The summed E-state index contributed by atoms with van der Waals surface area (Å²) >= 11 is 0. The second-order valence-electron chi connectivity index (χ2n) is 3.34. The average Bonchev–Trinajstić information content (AvgIpc) is 2.62. The Balaban J connectivity index is 2.56. The van der Waals surface area contributed by atoms with Gasteiger partial charge in [0.1, 0.15) is 6.10 Å². The van der Waals surface area contributed by atoms with E-state index in [0.29, 0.717) is 5.69 Å². The molecule has 0 radical (unpaired) electrons. The molecule has 0 saturated carbocycles. The van der Waals surface area contributed by atoms with Crippen molar-refractivity contribution in [3.05, 3.63) is 35.7 Å². The van der Waals surface area contributed by atoms with Gasteiger partial charge < -0.3 is 10.8 Å². The molecule has 4 nitrogen and oxygen atoms in total. The van der Waals surface area contributed by atoms with Crippen molar-refractivity contribution in [3.63, 3.8) is 0 Å². The van der Waals surface area contributed by atoms with Gasteiger partial charge in [-0.2, -0.15) is 5.10 Å². The van der Waals surface area contributed by atoms with Crippen LogP contribution in [0.5, 0.6) is 0 Å². The van der Waals surface area contributed by atoms with E-state index >= 15 is 0 Å². The van der Waals surface area contributed by atoms with Crippen LogP contribution >= 0.6 is 0 Å². The first-order chi connectivity index (χ1) is 6.72. The van der Waals surface area contributed by atoms with E-state index in [1.807, 2.05) is 31.3 Å². The van der Waals surface area contributed by atoms with Crippen molar-refractivity contribution >= 4 is 5.52 Å². The maximum atomic E-state index is 9.52. The van der Waals surface area contributed by atoms with Crippen LogP contribution in [0, 0.1) is 6.92 Å². The van der Waals surface area contributed by atoms with Crippen LogP contribution in [0.4, 0.5) is 0 Å². The fourth-order valence-corrected chi connectivity index (χ4v) is 1.46.